The molecule has 0 amide bonds. The predicted molar refractivity (Wildman–Crippen MR) is 166 cm³/mol. The van der Waals surface area contributed by atoms with Crippen LogP contribution in [0, 0.1) is 0 Å². The molecule has 6 rings (SSSR count). The number of nitrogens with zero attached hydrogens (tertiary/aromatic N) is 2. The summed E-state index contributed by atoms with van der Waals surface area (Å²) in [5, 5.41) is 10.7. The zero-order chi connectivity index (χ0) is 28.7. The molecular weight excluding hydrogens is 524 g/mol. The number of likely N-dealkylation sites (tertiary alicyclic amines) is 1. The van der Waals surface area contributed by atoms with Crippen LogP contribution in [-0.4, -0.2) is 46.8 Å². The molecular formula is C36H36N2O4. The summed E-state index contributed by atoms with van der Waals surface area (Å²) in [7, 11) is 0. The van der Waals surface area contributed by atoms with Gasteiger partial charge in [0.05, 0.1) is 0 Å². The first kappa shape index (κ1) is 27.6. The molecule has 0 radical (unpaired) electrons. The van der Waals surface area contributed by atoms with Crippen molar-refractivity contribution in [3.8, 4) is 11.5 Å². The van der Waals surface area contributed by atoms with E-state index in [0.717, 1.165) is 50.3 Å². The highest BCUT2D eigenvalue weighted by molar-refractivity contribution is 5.90. The summed E-state index contributed by atoms with van der Waals surface area (Å²) in [6.07, 6.45) is 4.54. The SMILES string of the molecule is O=C(O)c1ccccc1OCCN1CCC(c2cn(Cc3ccc(OCc4ccccc4)cc3)c3ccccc23)CC1. The van der Waals surface area contributed by atoms with Crippen LogP contribution in [0.5, 0.6) is 11.5 Å². The van der Waals surface area contributed by atoms with Gasteiger partial charge in [-0.25, -0.2) is 4.79 Å². The van der Waals surface area contributed by atoms with Gasteiger partial charge < -0.3 is 19.1 Å². The fourth-order valence-corrected chi connectivity index (χ4v) is 5.88. The van der Waals surface area contributed by atoms with Crippen LogP contribution in [-0.2, 0) is 13.2 Å². The Morgan fingerprint density at radius 1 is 0.786 bits per heavy atom. The van der Waals surface area contributed by atoms with Gasteiger partial charge in [0.25, 0.3) is 0 Å². The lowest BCUT2D eigenvalue weighted by atomic mass is 9.89. The maximum Gasteiger partial charge on any atom is 0.339 e. The van der Waals surface area contributed by atoms with Crippen LogP contribution in [0.15, 0.2) is 109 Å². The van der Waals surface area contributed by atoms with Crippen molar-refractivity contribution in [3.05, 3.63) is 132 Å². The lowest BCUT2D eigenvalue weighted by molar-refractivity contribution is 0.0691. The number of hydrogen-bond acceptors (Lipinski definition) is 4. The number of para-hydroxylation sites is 2. The number of rotatable bonds is 11. The molecule has 2 heterocycles. The average molecular weight is 561 g/mol. The van der Waals surface area contributed by atoms with Crippen molar-refractivity contribution in [2.75, 3.05) is 26.2 Å². The Morgan fingerprint density at radius 2 is 1.50 bits per heavy atom. The van der Waals surface area contributed by atoms with Gasteiger partial charge in [-0.1, -0.05) is 72.8 Å². The van der Waals surface area contributed by atoms with Crippen LogP contribution in [0.3, 0.4) is 0 Å². The van der Waals surface area contributed by atoms with E-state index in [2.05, 4.69) is 76.3 Å². The maximum atomic E-state index is 11.4. The van der Waals surface area contributed by atoms with Crippen molar-refractivity contribution in [2.24, 2.45) is 0 Å². The second-order valence-electron chi connectivity index (χ2n) is 10.9. The molecule has 0 saturated carbocycles. The molecule has 6 heteroatoms. The molecule has 1 aromatic heterocycles. The van der Waals surface area contributed by atoms with Crippen LogP contribution in [0.1, 0.15) is 45.8 Å². The quantitative estimate of drug-likeness (QED) is 0.185. The molecule has 0 atom stereocenters. The smallest absolute Gasteiger partial charge is 0.339 e. The zero-order valence-electron chi connectivity index (χ0n) is 23.7. The van der Waals surface area contributed by atoms with Crippen LogP contribution in [0.4, 0.5) is 0 Å². The second-order valence-corrected chi connectivity index (χ2v) is 10.9. The standard InChI is InChI=1S/C36H36N2O4/c39-36(40)32-11-5-7-13-35(32)41-23-22-37-20-18-29(19-21-37)33-25-38(34-12-6-4-10-31(33)34)24-27-14-16-30(17-15-27)42-26-28-8-2-1-3-9-28/h1-17,25,29H,18-24,26H2,(H,39,40). The first-order valence-corrected chi connectivity index (χ1v) is 14.6. The summed E-state index contributed by atoms with van der Waals surface area (Å²) in [5.41, 5.74) is 5.31. The maximum absolute atomic E-state index is 11.4. The van der Waals surface area contributed by atoms with Crippen molar-refractivity contribution in [1.29, 1.82) is 0 Å². The zero-order valence-corrected chi connectivity index (χ0v) is 23.7. The molecule has 1 aliphatic rings. The van der Waals surface area contributed by atoms with Crippen LogP contribution in [0.25, 0.3) is 10.9 Å². The largest absolute Gasteiger partial charge is 0.491 e. The van der Waals surface area contributed by atoms with E-state index in [0.29, 0.717) is 24.9 Å². The molecule has 1 fully saturated rings. The Bertz CT molecular complexity index is 1620. The minimum atomic E-state index is -0.963. The molecule has 6 nitrogen and oxygen atoms in total. The summed E-state index contributed by atoms with van der Waals surface area (Å²) < 4.78 is 14.2. The average Bonchev–Trinajstić information content (AvgIpc) is 3.40. The lowest BCUT2D eigenvalue weighted by Crippen LogP contribution is -2.35. The van der Waals surface area contributed by atoms with E-state index in [9.17, 15) is 9.90 Å². The molecule has 1 N–H and O–H groups in total. The first-order valence-electron chi connectivity index (χ1n) is 14.6. The normalized spacial score (nSPS) is 14.2. The monoisotopic (exact) mass is 560 g/mol. The van der Waals surface area contributed by atoms with Crippen molar-refractivity contribution in [2.45, 2.75) is 31.9 Å². The molecule has 0 bridgehead atoms. The predicted octanol–water partition coefficient (Wildman–Crippen LogP) is 7.23. The number of ether oxygens (including phenoxy) is 2. The number of aromatic carboxylic acids is 1. The highest BCUT2D eigenvalue weighted by atomic mass is 16.5. The molecule has 4 aromatic carbocycles. The molecule has 214 valence electrons. The third kappa shape index (κ3) is 6.50. The van der Waals surface area contributed by atoms with Crippen molar-refractivity contribution in [3.63, 3.8) is 0 Å². The van der Waals surface area contributed by atoms with E-state index in [4.69, 9.17) is 9.47 Å². The molecule has 0 aliphatic carbocycles. The first-order chi connectivity index (χ1) is 20.6. The van der Waals surface area contributed by atoms with Gasteiger partial charge in [0.2, 0.25) is 0 Å². The van der Waals surface area contributed by atoms with Crippen LogP contribution < -0.4 is 9.47 Å². The van der Waals surface area contributed by atoms with E-state index < -0.39 is 5.97 Å². The highest BCUT2D eigenvalue weighted by Gasteiger charge is 2.24. The molecule has 1 aliphatic heterocycles. The van der Waals surface area contributed by atoms with Gasteiger partial charge in [0, 0.05) is 30.2 Å². The summed E-state index contributed by atoms with van der Waals surface area (Å²) in [6.45, 7) is 4.64. The molecule has 0 unspecified atom stereocenters. The van der Waals surface area contributed by atoms with Gasteiger partial charge in [0.15, 0.2) is 0 Å². The summed E-state index contributed by atoms with van der Waals surface area (Å²) in [5.74, 6) is 0.858. The Kier molecular flexibility index (Phi) is 8.52. The van der Waals surface area contributed by atoms with Gasteiger partial charge in [-0.05, 0) is 78.9 Å². The lowest BCUT2D eigenvalue weighted by Gasteiger charge is -2.31. The third-order valence-corrected chi connectivity index (χ3v) is 8.15. The number of carbonyl (C=O) groups is 1. The Labute approximate surface area is 246 Å². The van der Waals surface area contributed by atoms with Crippen molar-refractivity contribution >= 4 is 16.9 Å². The number of hydrogen-bond donors (Lipinski definition) is 1. The number of piperidine rings is 1. The summed E-state index contributed by atoms with van der Waals surface area (Å²) >= 11 is 0. The third-order valence-electron chi connectivity index (χ3n) is 8.15. The fourth-order valence-electron chi connectivity index (χ4n) is 5.88. The van der Waals surface area contributed by atoms with Crippen molar-refractivity contribution in [1.82, 2.24) is 9.47 Å². The van der Waals surface area contributed by atoms with Crippen LogP contribution in [0.2, 0.25) is 0 Å². The van der Waals surface area contributed by atoms with Gasteiger partial charge in [0.1, 0.15) is 30.3 Å². The number of carboxylic acid groups (broad SMARTS) is 1. The summed E-state index contributed by atoms with van der Waals surface area (Å²) in [4.78, 5) is 13.9. The van der Waals surface area contributed by atoms with Gasteiger partial charge in [-0.15, -0.1) is 0 Å². The minimum absolute atomic E-state index is 0.208. The summed E-state index contributed by atoms with van der Waals surface area (Å²) in [6, 6.07) is 34.2. The molecule has 0 spiro atoms. The Hall–Kier alpha value is -4.55. The number of carboxylic acids is 1. The number of fused-ring (bicyclic) bond motifs is 1. The van der Waals surface area contributed by atoms with Gasteiger partial charge >= 0.3 is 5.97 Å². The molecule has 1 saturated heterocycles. The van der Waals surface area contributed by atoms with E-state index in [-0.39, 0.29) is 5.56 Å². The van der Waals surface area contributed by atoms with E-state index in [1.54, 1.807) is 24.3 Å². The Balaban J connectivity index is 1.06. The van der Waals surface area contributed by atoms with Crippen molar-refractivity contribution < 1.29 is 19.4 Å². The second kappa shape index (κ2) is 13.0. The number of benzene rings is 4. The van der Waals surface area contributed by atoms with Gasteiger partial charge in [-0.3, -0.25) is 4.90 Å². The number of aromatic nitrogens is 1. The molecule has 5 aromatic rings. The van der Waals surface area contributed by atoms with E-state index >= 15 is 0 Å². The topological polar surface area (TPSA) is 63.9 Å². The minimum Gasteiger partial charge on any atom is -0.491 e. The van der Waals surface area contributed by atoms with Gasteiger partial charge in [-0.2, -0.15) is 0 Å². The van der Waals surface area contributed by atoms with E-state index in [1.807, 2.05) is 18.2 Å². The van der Waals surface area contributed by atoms with Crippen LogP contribution >= 0.6 is 0 Å². The molecule has 42 heavy (non-hydrogen) atoms. The Morgan fingerprint density at radius 3 is 2.29 bits per heavy atom. The highest BCUT2D eigenvalue weighted by Crippen LogP contribution is 2.35. The fraction of sp³-hybridized carbons (Fsp3) is 0.250. The van der Waals surface area contributed by atoms with E-state index in [1.165, 1.54) is 22.0 Å².